The van der Waals surface area contributed by atoms with E-state index in [0.717, 1.165) is 19.8 Å². The summed E-state index contributed by atoms with van der Waals surface area (Å²) in [5, 5.41) is 9.73. The van der Waals surface area contributed by atoms with Crippen molar-refractivity contribution in [3.8, 4) is 6.07 Å². The molecular weight excluding hydrogens is 446 g/mol. The summed E-state index contributed by atoms with van der Waals surface area (Å²) in [6.45, 7) is 6.94. The van der Waals surface area contributed by atoms with Gasteiger partial charge in [-0.25, -0.2) is 9.00 Å². The number of allylic oxidation sites excluding steroid dienone is 1. The van der Waals surface area contributed by atoms with Crippen LogP contribution < -0.4 is 0 Å². The first kappa shape index (κ1) is 26.3. The highest BCUT2D eigenvalue weighted by Gasteiger charge is 2.57. The van der Waals surface area contributed by atoms with Crippen LogP contribution in [0, 0.1) is 35.5 Å². The number of carbonyl (C=O) groups excluding carboxylic acids is 3. The average molecular weight is 476 g/mol. The summed E-state index contributed by atoms with van der Waals surface area (Å²) in [6, 6.07) is 8.93. The lowest BCUT2D eigenvalue weighted by Gasteiger charge is -2.23. The number of rotatable bonds is 6. The second-order valence-electron chi connectivity index (χ2n) is 8.99. The lowest BCUT2D eigenvalue weighted by Crippen LogP contribution is -2.39. The van der Waals surface area contributed by atoms with Crippen LogP contribution >= 0.6 is 0 Å². The van der Waals surface area contributed by atoms with Crippen LogP contribution in [0.15, 0.2) is 40.1 Å². The van der Waals surface area contributed by atoms with Gasteiger partial charge in [-0.05, 0) is 58.6 Å². The summed E-state index contributed by atoms with van der Waals surface area (Å²) < 4.78 is 28.5. The summed E-state index contributed by atoms with van der Waals surface area (Å²) in [7, 11) is 0.386. The molecule has 1 aliphatic rings. The normalized spacial score (nSPS) is 20.9. The molecule has 1 fully saturated rings. The van der Waals surface area contributed by atoms with Gasteiger partial charge in [-0.15, -0.1) is 0 Å². The average Bonchev–Trinajstić information content (AvgIpc) is 3.14. The summed E-state index contributed by atoms with van der Waals surface area (Å²) in [5.74, 6) is -3.97. The molecule has 0 aromatic heterocycles. The van der Waals surface area contributed by atoms with Crippen LogP contribution in [0.3, 0.4) is 0 Å². The van der Waals surface area contributed by atoms with Crippen molar-refractivity contribution in [2.75, 3.05) is 14.2 Å². The Kier molecular flexibility index (Phi) is 8.20. The van der Waals surface area contributed by atoms with Gasteiger partial charge >= 0.3 is 17.9 Å². The number of carbonyl (C=O) groups is 3. The van der Waals surface area contributed by atoms with Crippen LogP contribution in [0.25, 0.3) is 0 Å². The highest BCUT2D eigenvalue weighted by atomic mass is 32.2. The second-order valence-corrected chi connectivity index (χ2v) is 10.4. The predicted molar refractivity (Wildman–Crippen MR) is 120 cm³/mol. The Labute approximate surface area is 196 Å². The van der Waals surface area contributed by atoms with Crippen molar-refractivity contribution in [2.45, 2.75) is 51.0 Å². The molecule has 1 aromatic rings. The Bertz CT molecular complexity index is 999. The maximum atomic E-state index is 13.4. The molecule has 178 valence electrons. The highest BCUT2D eigenvalue weighted by Crippen LogP contribution is 2.48. The quantitative estimate of drug-likeness (QED) is 0.266. The van der Waals surface area contributed by atoms with Gasteiger partial charge in [-0.3, -0.25) is 9.59 Å². The predicted octanol–water partition coefficient (Wildman–Crippen LogP) is 3.21. The highest BCUT2D eigenvalue weighted by molar-refractivity contribution is 7.90. The lowest BCUT2D eigenvalue weighted by molar-refractivity contribution is -0.169. The van der Waals surface area contributed by atoms with E-state index >= 15 is 0 Å². The molecule has 0 spiro atoms. The third kappa shape index (κ3) is 5.88. The van der Waals surface area contributed by atoms with Crippen LogP contribution in [-0.4, -0.2) is 41.9 Å². The van der Waals surface area contributed by atoms with Crippen molar-refractivity contribution in [1.82, 2.24) is 0 Å². The second kappa shape index (κ2) is 10.3. The maximum Gasteiger partial charge on any atom is 0.347 e. The van der Waals surface area contributed by atoms with Gasteiger partial charge in [0.2, 0.25) is 0 Å². The smallest absolute Gasteiger partial charge is 0.347 e. The number of benzene rings is 1. The van der Waals surface area contributed by atoms with Crippen LogP contribution in [-0.2, 0) is 39.4 Å². The zero-order chi connectivity index (χ0) is 25.0. The molecule has 0 amide bonds. The zero-order valence-electron chi connectivity index (χ0n) is 19.7. The van der Waals surface area contributed by atoms with Crippen molar-refractivity contribution in [3.63, 3.8) is 0 Å². The Morgan fingerprint density at radius 1 is 1.09 bits per heavy atom. The van der Waals surface area contributed by atoms with E-state index in [0.29, 0.717) is 4.90 Å². The molecule has 0 aliphatic heterocycles. The lowest BCUT2D eigenvalue weighted by atomic mass is 9.85. The van der Waals surface area contributed by atoms with E-state index in [1.54, 1.807) is 45.0 Å². The van der Waals surface area contributed by atoms with Crippen molar-refractivity contribution < 1.29 is 32.8 Å². The summed E-state index contributed by atoms with van der Waals surface area (Å²) in [5.41, 5.74) is -1.57. The van der Waals surface area contributed by atoms with Gasteiger partial charge in [0.05, 0.1) is 37.0 Å². The molecule has 1 aromatic carbocycles. The van der Waals surface area contributed by atoms with Crippen molar-refractivity contribution in [3.05, 3.63) is 40.8 Å². The van der Waals surface area contributed by atoms with E-state index in [1.165, 1.54) is 6.08 Å². The summed E-state index contributed by atoms with van der Waals surface area (Å²) in [4.78, 5) is 38.3. The topological polar surface area (TPSA) is 120 Å². The van der Waals surface area contributed by atoms with Gasteiger partial charge in [-0.1, -0.05) is 23.8 Å². The Balaban J connectivity index is 2.57. The zero-order valence-corrected chi connectivity index (χ0v) is 20.5. The fourth-order valence-electron chi connectivity index (χ4n) is 3.80. The Morgan fingerprint density at radius 3 is 2.09 bits per heavy atom. The standard InChI is InChI=1S/C24H29NO7S/c1-15-7-9-18(10-8-15)33(29)19(20(26)32-23(2,3)4)11-16-12-24(21(27)30-5,22(28)31-6)13-17(16)14-25/h7-11,16-17H,12-13H2,1-6H3/b19-11+/t16-,17+,33?/m1/s1. The van der Waals surface area contributed by atoms with Crippen molar-refractivity contribution in [2.24, 2.45) is 17.3 Å². The first-order valence-electron chi connectivity index (χ1n) is 10.4. The monoisotopic (exact) mass is 475 g/mol. The summed E-state index contributed by atoms with van der Waals surface area (Å²) in [6.07, 6.45) is 1.14. The Hall–Kier alpha value is -2.99. The van der Waals surface area contributed by atoms with Crippen LogP contribution in [0.4, 0.5) is 0 Å². The molecule has 8 nitrogen and oxygen atoms in total. The van der Waals surface area contributed by atoms with Gasteiger partial charge in [0.1, 0.15) is 10.5 Å². The van der Waals surface area contributed by atoms with Crippen molar-refractivity contribution >= 4 is 28.7 Å². The van der Waals surface area contributed by atoms with Gasteiger partial charge in [0.15, 0.2) is 5.41 Å². The van der Waals surface area contributed by atoms with E-state index < -0.39 is 51.6 Å². The largest absolute Gasteiger partial charge is 0.468 e. The molecule has 1 unspecified atom stereocenters. The molecule has 0 N–H and O–H groups in total. The third-order valence-corrected chi connectivity index (χ3v) is 6.79. The van der Waals surface area contributed by atoms with Gasteiger partial charge in [0, 0.05) is 4.90 Å². The van der Waals surface area contributed by atoms with E-state index in [-0.39, 0.29) is 17.7 Å². The van der Waals surface area contributed by atoms with E-state index in [2.05, 4.69) is 6.07 Å². The number of esters is 3. The molecule has 2 rings (SSSR count). The molecule has 0 saturated heterocycles. The van der Waals surface area contributed by atoms with Gasteiger partial charge < -0.3 is 14.2 Å². The molecule has 0 heterocycles. The number of nitriles is 1. The maximum absolute atomic E-state index is 13.4. The van der Waals surface area contributed by atoms with Gasteiger partial charge in [-0.2, -0.15) is 5.26 Å². The molecule has 0 radical (unpaired) electrons. The fourth-order valence-corrected chi connectivity index (χ4v) is 4.92. The number of methoxy groups -OCH3 is 2. The number of hydrogen-bond acceptors (Lipinski definition) is 8. The molecule has 0 bridgehead atoms. The van der Waals surface area contributed by atoms with Crippen molar-refractivity contribution in [1.29, 1.82) is 5.26 Å². The van der Waals surface area contributed by atoms with Crippen LogP contribution in [0.5, 0.6) is 0 Å². The fraction of sp³-hybridized carbons (Fsp3) is 0.500. The molecule has 1 saturated carbocycles. The van der Waals surface area contributed by atoms with E-state index in [4.69, 9.17) is 14.2 Å². The number of ether oxygens (including phenoxy) is 3. The first-order valence-corrected chi connectivity index (χ1v) is 11.5. The third-order valence-electron chi connectivity index (χ3n) is 5.39. The van der Waals surface area contributed by atoms with Gasteiger partial charge in [0.25, 0.3) is 0 Å². The summed E-state index contributed by atoms with van der Waals surface area (Å²) >= 11 is 0. The molecule has 1 aliphatic carbocycles. The first-order chi connectivity index (χ1) is 15.4. The van der Waals surface area contributed by atoms with E-state index in [1.807, 2.05) is 6.92 Å². The molecular formula is C24H29NO7S. The molecule has 3 atom stereocenters. The van der Waals surface area contributed by atoms with Crippen LogP contribution in [0.2, 0.25) is 0 Å². The molecule has 9 heteroatoms. The minimum atomic E-state index is -1.91. The minimum Gasteiger partial charge on any atom is -0.468 e. The number of hydrogen-bond donors (Lipinski definition) is 0. The van der Waals surface area contributed by atoms with Crippen LogP contribution in [0.1, 0.15) is 39.2 Å². The van der Waals surface area contributed by atoms with E-state index in [9.17, 15) is 23.9 Å². The molecule has 33 heavy (non-hydrogen) atoms. The SMILES string of the molecule is COC(=O)C1(C(=O)OC)C[C@@H](C#N)[C@H](/C=C(\C(=O)OC(C)(C)C)S(=O)c2ccc(C)cc2)C1. The number of nitrogens with zero attached hydrogens (tertiary/aromatic N) is 1. The number of aryl methyl sites for hydroxylation is 1. The minimum absolute atomic E-state index is 0.123. The Morgan fingerprint density at radius 2 is 1.64 bits per heavy atom.